The second-order valence-electron chi connectivity index (χ2n) is 5.50. The lowest BCUT2D eigenvalue weighted by Gasteiger charge is -2.41. The summed E-state index contributed by atoms with van der Waals surface area (Å²) < 4.78 is 10.8. The average molecular weight is 339 g/mol. The molecule has 1 aromatic carbocycles. The molecule has 1 aromatic rings. The predicted octanol–water partition coefficient (Wildman–Crippen LogP) is -1.57. The first-order valence-electron chi connectivity index (χ1n) is 7.31. The molecule has 8 heteroatoms. The minimum Gasteiger partial charge on any atom is -1.00 e. The summed E-state index contributed by atoms with van der Waals surface area (Å²) in [5.41, 5.74) is 12.4. The maximum absolute atomic E-state index is 6.19. The van der Waals surface area contributed by atoms with Crippen LogP contribution >= 0.6 is 0 Å². The highest BCUT2D eigenvalue weighted by atomic mass is 35.5. The SMILES string of the molecule is COc1ccc(OC)c(N2C(N)=NC(N)=NC23CCCC3)c1.[Cl-]. The van der Waals surface area contributed by atoms with Crippen LogP contribution in [0.4, 0.5) is 5.69 Å². The summed E-state index contributed by atoms with van der Waals surface area (Å²) in [4.78, 5) is 10.7. The van der Waals surface area contributed by atoms with Gasteiger partial charge < -0.3 is 33.3 Å². The van der Waals surface area contributed by atoms with Gasteiger partial charge in [0.25, 0.3) is 0 Å². The molecule has 3 rings (SSSR count). The predicted molar refractivity (Wildman–Crippen MR) is 86.5 cm³/mol. The number of hydrogen-bond donors (Lipinski definition) is 2. The largest absolute Gasteiger partial charge is 1.00 e. The van der Waals surface area contributed by atoms with E-state index in [1.165, 1.54) is 0 Å². The molecule has 126 valence electrons. The van der Waals surface area contributed by atoms with Crippen LogP contribution in [0.15, 0.2) is 28.2 Å². The van der Waals surface area contributed by atoms with E-state index in [1.54, 1.807) is 14.2 Å². The van der Waals surface area contributed by atoms with Gasteiger partial charge in [-0.15, -0.1) is 0 Å². The van der Waals surface area contributed by atoms with E-state index in [4.69, 9.17) is 20.9 Å². The van der Waals surface area contributed by atoms with Crippen LogP contribution in [0, 0.1) is 0 Å². The molecule has 1 fully saturated rings. The number of benzene rings is 1. The number of halogens is 1. The lowest BCUT2D eigenvalue weighted by molar-refractivity contribution is -0.00000578. The van der Waals surface area contributed by atoms with Crippen molar-refractivity contribution in [2.24, 2.45) is 21.5 Å². The Labute approximate surface area is 141 Å². The minimum atomic E-state index is -0.477. The highest BCUT2D eigenvalue weighted by Crippen LogP contribution is 2.44. The molecule has 0 saturated heterocycles. The standard InChI is InChI=1S/C15H21N5O2.ClH/c1-21-10-5-6-12(22-2)11(9-10)20-14(17)18-13(16)19-15(20)7-3-4-8-15;/h5-6,9H,3-4,7-8H2,1-2H3,(H4,16,17,18,19);1H/p-1. The van der Waals surface area contributed by atoms with Crippen LogP contribution in [0.2, 0.25) is 0 Å². The van der Waals surface area contributed by atoms with Crippen LogP contribution in [0.5, 0.6) is 11.5 Å². The van der Waals surface area contributed by atoms with Crippen molar-refractivity contribution in [3.05, 3.63) is 18.2 Å². The molecule has 0 aromatic heterocycles. The summed E-state index contributed by atoms with van der Waals surface area (Å²) in [5.74, 6) is 1.98. The van der Waals surface area contributed by atoms with E-state index in [9.17, 15) is 0 Å². The molecule has 0 amide bonds. The van der Waals surface area contributed by atoms with Gasteiger partial charge in [0.05, 0.1) is 19.9 Å². The molecule has 0 unspecified atom stereocenters. The van der Waals surface area contributed by atoms with E-state index < -0.39 is 5.66 Å². The van der Waals surface area contributed by atoms with Gasteiger partial charge in [-0.3, -0.25) is 4.90 Å². The third kappa shape index (κ3) is 2.88. The van der Waals surface area contributed by atoms with E-state index in [-0.39, 0.29) is 18.4 Å². The van der Waals surface area contributed by atoms with Crippen LogP contribution < -0.4 is 38.2 Å². The maximum atomic E-state index is 6.19. The molecule has 1 saturated carbocycles. The summed E-state index contributed by atoms with van der Waals surface area (Å²) in [6.45, 7) is 0. The van der Waals surface area contributed by atoms with Crippen molar-refractivity contribution in [1.82, 2.24) is 0 Å². The van der Waals surface area contributed by atoms with E-state index in [0.717, 1.165) is 37.1 Å². The number of rotatable bonds is 3. The van der Waals surface area contributed by atoms with Crippen molar-refractivity contribution in [3.8, 4) is 11.5 Å². The van der Waals surface area contributed by atoms with E-state index in [1.807, 2.05) is 23.1 Å². The Balaban J connectivity index is 0.00000192. The van der Waals surface area contributed by atoms with Gasteiger partial charge >= 0.3 is 0 Å². The molecule has 4 N–H and O–H groups in total. The van der Waals surface area contributed by atoms with Gasteiger partial charge in [0, 0.05) is 6.07 Å². The zero-order chi connectivity index (χ0) is 15.7. The number of hydrogen-bond acceptors (Lipinski definition) is 7. The Kier molecular flexibility index (Phi) is 4.89. The van der Waals surface area contributed by atoms with Crippen LogP contribution in [-0.2, 0) is 0 Å². The smallest absolute Gasteiger partial charge is 0.220 e. The summed E-state index contributed by atoms with van der Waals surface area (Å²) in [7, 11) is 3.25. The van der Waals surface area contributed by atoms with Crippen molar-refractivity contribution in [3.63, 3.8) is 0 Å². The first kappa shape index (κ1) is 17.2. The molecule has 7 nitrogen and oxygen atoms in total. The molecule has 2 aliphatic rings. The number of methoxy groups -OCH3 is 2. The summed E-state index contributed by atoms with van der Waals surface area (Å²) in [5, 5.41) is 0. The van der Waals surface area contributed by atoms with Gasteiger partial charge in [-0.2, -0.15) is 4.99 Å². The molecule has 0 bridgehead atoms. The first-order valence-corrected chi connectivity index (χ1v) is 7.31. The minimum absolute atomic E-state index is 0. The molecule has 1 aliphatic heterocycles. The number of nitrogens with zero attached hydrogens (tertiary/aromatic N) is 3. The van der Waals surface area contributed by atoms with Gasteiger partial charge in [-0.25, -0.2) is 4.99 Å². The van der Waals surface area contributed by atoms with Crippen molar-refractivity contribution in [2.45, 2.75) is 31.3 Å². The highest BCUT2D eigenvalue weighted by Gasteiger charge is 2.45. The molecular weight excluding hydrogens is 318 g/mol. The maximum Gasteiger partial charge on any atom is 0.220 e. The number of ether oxygens (including phenoxy) is 2. The van der Waals surface area contributed by atoms with Crippen molar-refractivity contribution >= 4 is 17.6 Å². The Morgan fingerprint density at radius 2 is 1.83 bits per heavy atom. The van der Waals surface area contributed by atoms with E-state index >= 15 is 0 Å². The summed E-state index contributed by atoms with van der Waals surface area (Å²) >= 11 is 0. The fourth-order valence-corrected chi connectivity index (χ4v) is 3.26. The highest BCUT2D eigenvalue weighted by molar-refractivity contribution is 6.06. The molecular formula is C15H21ClN5O2-. The molecule has 23 heavy (non-hydrogen) atoms. The molecule has 0 atom stereocenters. The number of aliphatic imine (C=N–C) groups is 2. The van der Waals surface area contributed by atoms with Crippen LogP contribution in [-0.4, -0.2) is 31.8 Å². The van der Waals surface area contributed by atoms with Crippen molar-refractivity contribution < 1.29 is 21.9 Å². The fourth-order valence-electron chi connectivity index (χ4n) is 3.26. The van der Waals surface area contributed by atoms with Crippen molar-refractivity contribution in [2.75, 3.05) is 19.1 Å². The Bertz CT molecular complexity index is 641. The van der Waals surface area contributed by atoms with E-state index in [2.05, 4.69) is 9.98 Å². The lowest BCUT2D eigenvalue weighted by Crippen LogP contribution is -3.00. The number of anilines is 1. The van der Waals surface area contributed by atoms with Gasteiger partial charge in [-0.1, -0.05) is 0 Å². The molecule has 1 heterocycles. The Morgan fingerprint density at radius 1 is 1.13 bits per heavy atom. The summed E-state index contributed by atoms with van der Waals surface area (Å²) in [6, 6.07) is 5.59. The average Bonchev–Trinajstić information content (AvgIpc) is 2.94. The second kappa shape index (κ2) is 6.54. The van der Waals surface area contributed by atoms with Crippen LogP contribution in [0.3, 0.4) is 0 Å². The molecule has 1 spiro atoms. The van der Waals surface area contributed by atoms with Gasteiger partial charge in [0.2, 0.25) is 11.9 Å². The van der Waals surface area contributed by atoms with Crippen LogP contribution in [0.1, 0.15) is 25.7 Å². The second-order valence-corrected chi connectivity index (χ2v) is 5.50. The third-order valence-corrected chi connectivity index (χ3v) is 4.23. The Hall–Kier alpha value is -2.15. The summed E-state index contributed by atoms with van der Waals surface area (Å²) in [6.07, 6.45) is 3.91. The van der Waals surface area contributed by atoms with Gasteiger partial charge in [-0.05, 0) is 37.8 Å². The molecule has 1 aliphatic carbocycles. The third-order valence-electron chi connectivity index (χ3n) is 4.23. The zero-order valence-electron chi connectivity index (χ0n) is 13.3. The van der Waals surface area contributed by atoms with Crippen LogP contribution in [0.25, 0.3) is 0 Å². The van der Waals surface area contributed by atoms with Gasteiger partial charge in [0.1, 0.15) is 17.2 Å². The topological polar surface area (TPSA) is 98.5 Å². The van der Waals surface area contributed by atoms with Crippen molar-refractivity contribution in [1.29, 1.82) is 0 Å². The Morgan fingerprint density at radius 3 is 2.43 bits per heavy atom. The number of nitrogens with two attached hydrogens (primary N) is 2. The monoisotopic (exact) mass is 338 g/mol. The zero-order valence-corrected chi connectivity index (χ0v) is 14.0. The normalized spacial score (nSPS) is 19.0. The molecule has 0 radical (unpaired) electrons. The first-order chi connectivity index (χ1) is 10.6. The lowest BCUT2D eigenvalue weighted by atomic mass is 10.0. The number of guanidine groups is 2. The quantitative estimate of drug-likeness (QED) is 0.693. The fraction of sp³-hybridized carbons (Fsp3) is 0.467. The van der Waals surface area contributed by atoms with E-state index in [0.29, 0.717) is 11.7 Å². The van der Waals surface area contributed by atoms with Gasteiger partial charge in [0.15, 0.2) is 0 Å².